The second-order valence-corrected chi connectivity index (χ2v) is 4.57. The number of phenols is 1. The summed E-state index contributed by atoms with van der Waals surface area (Å²) in [7, 11) is 0. The van der Waals surface area contributed by atoms with Gasteiger partial charge in [0.15, 0.2) is 6.29 Å². The molecule has 1 heterocycles. The first kappa shape index (κ1) is 15.5. The third-order valence-electron chi connectivity index (χ3n) is 3.12. The summed E-state index contributed by atoms with van der Waals surface area (Å²) >= 11 is 0. The van der Waals surface area contributed by atoms with Crippen LogP contribution >= 0.6 is 0 Å². The van der Waals surface area contributed by atoms with Crippen LogP contribution in [0.15, 0.2) is 30.5 Å². The van der Waals surface area contributed by atoms with Crippen molar-refractivity contribution in [2.75, 3.05) is 0 Å². The molecule has 0 aliphatic rings. The number of aldehydes is 1. The minimum absolute atomic E-state index is 0.0304. The number of nitrogens with one attached hydrogen (secondary N) is 2. The number of hydrazine groups is 1. The summed E-state index contributed by atoms with van der Waals surface area (Å²) in [6.07, 6.45) is 1.93. The van der Waals surface area contributed by atoms with Crippen molar-refractivity contribution in [1.82, 2.24) is 15.8 Å². The molecule has 7 heteroatoms. The number of hydrogen-bond donors (Lipinski definition) is 4. The average Bonchev–Trinajstić information content (AvgIpc) is 2.52. The molecular formula is C15H15N3O4. The highest BCUT2D eigenvalue weighted by atomic mass is 16.3. The van der Waals surface area contributed by atoms with Crippen molar-refractivity contribution in [3.63, 3.8) is 0 Å². The van der Waals surface area contributed by atoms with Gasteiger partial charge in [-0.3, -0.25) is 20.0 Å². The lowest BCUT2D eigenvalue weighted by Crippen LogP contribution is -2.37. The Balaban J connectivity index is 2.06. The minimum Gasteiger partial charge on any atom is -0.507 e. The van der Waals surface area contributed by atoms with Crippen LogP contribution in [0.4, 0.5) is 0 Å². The summed E-state index contributed by atoms with van der Waals surface area (Å²) in [4.78, 5) is 26.7. The first-order valence-electron chi connectivity index (χ1n) is 6.48. The van der Waals surface area contributed by atoms with E-state index in [4.69, 9.17) is 0 Å². The zero-order valence-electron chi connectivity index (χ0n) is 11.8. The summed E-state index contributed by atoms with van der Waals surface area (Å²) in [5.41, 5.74) is 6.06. The smallest absolute Gasteiger partial charge is 0.269 e. The Labute approximate surface area is 126 Å². The van der Waals surface area contributed by atoms with E-state index in [-0.39, 0.29) is 29.2 Å². The molecule has 2 rings (SSSR count). The molecule has 0 spiro atoms. The maximum absolute atomic E-state index is 11.9. The maximum atomic E-state index is 11.9. The molecule has 0 fully saturated rings. The van der Waals surface area contributed by atoms with Crippen LogP contribution in [0.5, 0.6) is 11.5 Å². The Morgan fingerprint density at radius 1 is 1.32 bits per heavy atom. The first-order valence-corrected chi connectivity index (χ1v) is 6.48. The number of amides is 1. The standard InChI is InChI=1S/C15H15N3O4/c1-9-14(21)12(10(8-19)6-16-9)7-17-18-15(22)11-4-2-3-5-13(11)20/h2-6,8,17,20-21H,7H2,1H3,(H,18,22). The summed E-state index contributed by atoms with van der Waals surface area (Å²) in [6, 6.07) is 6.10. The Morgan fingerprint density at radius 3 is 2.73 bits per heavy atom. The lowest BCUT2D eigenvalue weighted by molar-refractivity contribution is 0.0929. The lowest BCUT2D eigenvalue weighted by atomic mass is 10.1. The van der Waals surface area contributed by atoms with Crippen LogP contribution in [-0.4, -0.2) is 27.4 Å². The molecule has 4 N–H and O–H groups in total. The largest absolute Gasteiger partial charge is 0.507 e. The molecule has 0 bridgehead atoms. The van der Waals surface area contributed by atoms with E-state index in [2.05, 4.69) is 15.8 Å². The van der Waals surface area contributed by atoms with Crippen molar-refractivity contribution >= 4 is 12.2 Å². The molecule has 0 aliphatic carbocycles. The van der Waals surface area contributed by atoms with E-state index in [1.807, 2.05) is 0 Å². The van der Waals surface area contributed by atoms with E-state index in [0.717, 1.165) is 0 Å². The average molecular weight is 301 g/mol. The molecule has 0 atom stereocenters. The predicted molar refractivity (Wildman–Crippen MR) is 78.4 cm³/mol. The van der Waals surface area contributed by atoms with Gasteiger partial charge in [-0.1, -0.05) is 12.1 Å². The molecule has 0 unspecified atom stereocenters. The Hall–Kier alpha value is -2.93. The van der Waals surface area contributed by atoms with Crippen LogP contribution in [0.1, 0.15) is 32.0 Å². The number of rotatable bonds is 5. The van der Waals surface area contributed by atoms with Gasteiger partial charge < -0.3 is 10.2 Å². The van der Waals surface area contributed by atoms with E-state index in [1.54, 1.807) is 19.1 Å². The molecule has 0 aliphatic heterocycles. The van der Waals surface area contributed by atoms with Gasteiger partial charge in [0.25, 0.3) is 5.91 Å². The van der Waals surface area contributed by atoms with Crippen LogP contribution in [-0.2, 0) is 6.54 Å². The second kappa shape index (κ2) is 6.68. The maximum Gasteiger partial charge on any atom is 0.269 e. The highest BCUT2D eigenvalue weighted by Crippen LogP contribution is 2.22. The van der Waals surface area contributed by atoms with Crippen LogP contribution in [0, 0.1) is 6.92 Å². The van der Waals surface area contributed by atoms with E-state index < -0.39 is 5.91 Å². The quantitative estimate of drug-likeness (QED) is 0.485. The first-order chi connectivity index (χ1) is 10.5. The molecule has 0 saturated heterocycles. The van der Waals surface area contributed by atoms with Crippen LogP contribution in [0.3, 0.4) is 0 Å². The minimum atomic E-state index is -0.531. The lowest BCUT2D eigenvalue weighted by Gasteiger charge is -2.12. The molecule has 2 aromatic rings. The second-order valence-electron chi connectivity index (χ2n) is 4.57. The van der Waals surface area contributed by atoms with Gasteiger partial charge in [0.2, 0.25) is 0 Å². The molecular weight excluding hydrogens is 286 g/mol. The highest BCUT2D eigenvalue weighted by Gasteiger charge is 2.13. The zero-order chi connectivity index (χ0) is 16.1. The van der Waals surface area contributed by atoms with Crippen LogP contribution < -0.4 is 10.9 Å². The Bertz CT molecular complexity index is 716. The highest BCUT2D eigenvalue weighted by molar-refractivity contribution is 5.96. The molecule has 22 heavy (non-hydrogen) atoms. The van der Waals surface area contributed by atoms with Crippen molar-refractivity contribution in [1.29, 1.82) is 0 Å². The van der Waals surface area contributed by atoms with E-state index in [0.29, 0.717) is 17.5 Å². The molecule has 1 amide bonds. The molecule has 1 aromatic heterocycles. The number of hydrogen-bond acceptors (Lipinski definition) is 6. The zero-order valence-corrected chi connectivity index (χ0v) is 11.8. The number of aromatic hydroxyl groups is 2. The number of carbonyl (C=O) groups excluding carboxylic acids is 2. The summed E-state index contributed by atoms with van der Waals surface area (Å²) < 4.78 is 0. The third-order valence-corrected chi connectivity index (χ3v) is 3.12. The fraction of sp³-hybridized carbons (Fsp3) is 0.133. The monoisotopic (exact) mass is 301 g/mol. The summed E-state index contributed by atoms with van der Waals surface area (Å²) in [5.74, 6) is -0.775. The Kier molecular flexibility index (Phi) is 4.70. The van der Waals surface area contributed by atoms with Gasteiger partial charge in [-0.2, -0.15) is 0 Å². The van der Waals surface area contributed by atoms with Crippen molar-refractivity contribution in [3.8, 4) is 11.5 Å². The van der Waals surface area contributed by atoms with Gasteiger partial charge in [-0.25, -0.2) is 5.43 Å². The summed E-state index contributed by atoms with van der Waals surface area (Å²) in [6.45, 7) is 1.64. The van der Waals surface area contributed by atoms with Crippen molar-refractivity contribution in [3.05, 3.63) is 52.8 Å². The molecule has 7 nitrogen and oxygen atoms in total. The number of nitrogens with zero attached hydrogens (tertiary/aromatic N) is 1. The molecule has 0 radical (unpaired) electrons. The number of aryl methyl sites for hydroxylation is 1. The molecule has 0 saturated carbocycles. The molecule has 114 valence electrons. The topological polar surface area (TPSA) is 112 Å². The van der Waals surface area contributed by atoms with E-state index in [1.165, 1.54) is 18.3 Å². The van der Waals surface area contributed by atoms with Crippen molar-refractivity contribution in [2.24, 2.45) is 0 Å². The van der Waals surface area contributed by atoms with Crippen LogP contribution in [0.2, 0.25) is 0 Å². The third kappa shape index (κ3) is 3.21. The van der Waals surface area contributed by atoms with Gasteiger partial charge in [0, 0.05) is 23.9 Å². The van der Waals surface area contributed by atoms with Crippen molar-refractivity contribution < 1.29 is 19.8 Å². The van der Waals surface area contributed by atoms with Gasteiger partial charge in [-0.05, 0) is 19.1 Å². The van der Waals surface area contributed by atoms with E-state index in [9.17, 15) is 19.8 Å². The van der Waals surface area contributed by atoms with Crippen molar-refractivity contribution in [2.45, 2.75) is 13.5 Å². The SMILES string of the molecule is Cc1ncc(C=O)c(CNNC(=O)c2ccccc2O)c1O. The normalized spacial score (nSPS) is 10.2. The predicted octanol–water partition coefficient (Wildman–Crippen LogP) is 1.05. The molecule has 1 aromatic carbocycles. The van der Waals surface area contributed by atoms with Gasteiger partial charge >= 0.3 is 0 Å². The fourth-order valence-electron chi connectivity index (χ4n) is 1.89. The van der Waals surface area contributed by atoms with Crippen LogP contribution in [0.25, 0.3) is 0 Å². The summed E-state index contributed by atoms with van der Waals surface area (Å²) in [5, 5.41) is 19.5. The number of phenolic OH excluding ortho intramolecular Hbond substituents is 1. The van der Waals surface area contributed by atoms with Gasteiger partial charge in [0.05, 0.1) is 11.3 Å². The number of pyridine rings is 1. The van der Waals surface area contributed by atoms with Gasteiger partial charge in [-0.15, -0.1) is 0 Å². The van der Waals surface area contributed by atoms with E-state index >= 15 is 0 Å². The van der Waals surface area contributed by atoms with Gasteiger partial charge in [0.1, 0.15) is 11.5 Å². The Morgan fingerprint density at radius 2 is 2.05 bits per heavy atom. The number of carbonyl (C=O) groups is 2. The number of benzene rings is 1. The fourth-order valence-corrected chi connectivity index (χ4v) is 1.89. The number of aromatic nitrogens is 1. The number of para-hydroxylation sites is 1.